The fraction of sp³-hybridized carbons (Fsp3) is 0.308. The first-order chi connectivity index (χ1) is 8.74. The monoisotopic (exact) mass is 248 g/mol. The molecule has 5 nitrogen and oxygen atoms in total. The van der Waals surface area contributed by atoms with Gasteiger partial charge in [-0.1, -0.05) is 12.1 Å². The van der Waals surface area contributed by atoms with Crippen molar-refractivity contribution in [2.24, 2.45) is 0 Å². The SMILES string of the molecule is CNC(=O)CNCc1cc2cccc(OC)c2o1. The van der Waals surface area contributed by atoms with E-state index in [1.807, 2.05) is 24.3 Å². The molecule has 0 radical (unpaired) electrons. The van der Waals surface area contributed by atoms with Crippen molar-refractivity contribution in [3.05, 3.63) is 30.0 Å². The van der Waals surface area contributed by atoms with Crippen LogP contribution in [0.2, 0.25) is 0 Å². The second-order valence-corrected chi connectivity index (χ2v) is 3.87. The van der Waals surface area contributed by atoms with Gasteiger partial charge in [0.15, 0.2) is 11.3 Å². The van der Waals surface area contributed by atoms with Crippen molar-refractivity contribution in [2.75, 3.05) is 20.7 Å². The molecule has 0 saturated heterocycles. The number of ether oxygens (including phenoxy) is 1. The number of amides is 1. The quantitative estimate of drug-likeness (QED) is 0.836. The van der Waals surface area contributed by atoms with Gasteiger partial charge in [0.05, 0.1) is 20.2 Å². The van der Waals surface area contributed by atoms with Crippen LogP contribution in [0.1, 0.15) is 5.76 Å². The molecule has 0 atom stereocenters. The highest BCUT2D eigenvalue weighted by Crippen LogP contribution is 2.28. The molecule has 1 amide bonds. The van der Waals surface area contributed by atoms with E-state index in [2.05, 4.69) is 10.6 Å². The van der Waals surface area contributed by atoms with Crippen LogP contribution in [0.25, 0.3) is 11.0 Å². The molecule has 0 aliphatic rings. The summed E-state index contributed by atoms with van der Waals surface area (Å²) in [6.07, 6.45) is 0. The molecular weight excluding hydrogens is 232 g/mol. The number of hydrogen-bond acceptors (Lipinski definition) is 4. The Bertz CT molecular complexity index is 548. The van der Waals surface area contributed by atoms with Gasteiger partial charge in [0.2, 0.25) is 5.91 Å². The van der Waals surface area contributed by atoms with Gasteiger partial charge in [0.1, 0.15) is 5.76 Å². The number of benzene rings is 1. The molecule has 1 aromatic heterocycles. The molecule has 18 heavy (non-hydrogen) atoms. The first-order valence-corrected chi connectivity index (χ1v) is 5.71. The first kappa shape index (κ1) is 12.4. The van der Waals surface area contributed by atoms with E-state index in [-0.39, 0.29) is 12.5 Å². The summed E-state index contributed by atoms with van der Waals surface area (Å²) in [5, 5.41) is 6.54. The summed E-state index contributed by atoms with van der Waals surface area (Å²) in [5.74, 6) is 1.44. The van der Waals surface area contributed by atoms with E-state index in [0.717, 1.165) is 16.7 Å². The van der Waals surface area contributed by atoms with Crippen LogP contribution < -0.4 is 15.4 Å². The maximum absolute atomic E-state index is 11.1. The van der Waals surface area contributed by atoms with Gasteiger partial charge >= 0.3 is 0 Å². The number of carbonyl (C=O) groups is 1. The molecule has 1 heterocycles. The molecule has 0 spiro atoms. The third-order valence-corrected chi connectivity index (χ3v) is 2.64. The lowest BCUT2D eigenvalue weighted by atomic mass is 10.2. The first-order valence-electron chi connectivity index (χ1n) is 5.71. The second kappa shape index (κ2) is 5.55. The van der Waals surface area contributed by atoms with E-state index in [0.29, 0.717) is 12.3 Å². The maximum Gasteiger partial charge on any atom is 0.233 e. The zero-order valence-electron chi connectivity index (χ0n) is 10.4. The van der Waals surface area contributed by atoms with Crippen molar-refractivity contribution >= 4 is 16.9 Å². The van der Waals surface area contributed by atoms with Gasteiger partial charge in [-0.25, -0.2) is 0 Å². The molecule has 0 aliphatic carbocycles. The van der Waals surface area contributed by atoms with Crippen LogP contribution in [-0.4, -0.2) is 26.6 Å². The van der Waals surface area contributed by atoms with Crippen molar-refractivity contribution in [3.8, 4) is 5.75 Å². The third kappa shape index (κ3) is 2.62. The minimum absolute atomic E-state index is 0.0521. The number of furan rings is 1. The Labute approximate surface area is 105 Å². The van der Waals surface area contributed by atoms with Gasteiger partial charge < -0.3 is 19.8 Å². The molecule has 2 aromatic rings. The fourth-order valence-corrected chi connectivity index (χ4v) is 1.73. The van der Waals surface area contributed by atoms with Crippen LogP contribution in [-0.2, 0) is 11.3 Å². The van der Waals surface area contributed by atoms with Crippen LogP contribution in [0.5, 0.6) is 5.75 Å². The van der Waals surface area contributed by atoms with E-state index in [9.17, 15) is 4.79 Å². The number of carbonyl (C=O) groups excluding carboxylic acids is 1. The lowest BCUT2D eigenvalue weighted by Crippen LogP contribution is -2.30. The van der Waals surface area contributed by atoms with Crippen molar-refractivity contribution in [1.29, 1.82) is 0 Å². The van der Waals surface area contributed by atoms with Crippen molar-refractivity contribution in [1.82, 2.24) is 10.6 Å². The Kier molecular flexibility index (Phi) is 3.84. The van der Waals surface area contributed by atoms with E-state index in [1.54, 1.807) is 14.2 Å². The third-order valence-electron chi connectivity index (χ3n) is 2.64. The summed E-state index contributed by atoms with van der Waals surface area (Å²) in [7, 11) is 3.22. The van der Waals surface area contributed by atoms with Crippen LogP contribution in [0.15, 0.2) is 28.7 Å². The van der Waals surface area contributed by atoms with Crippen LogP contribution >= 0.6 is 0 Å². The molecular formula is C13H16N2O3. The van der Waals surface area contributed by atoms with E-state index in [4.69, 9.17) is 9.15 Å². The predicted molar refractivity (Wildman–Crippen MR) is 68.5 cm³/mol. The predicted octanol–water partition coefficient (Wildman–Crippen LogP) is 1.28. The molecule has 1 aromatic carbocycles. The highest BCUT2D eigenvalue weighted by atomic mass is 16.5. The van der Waals surface area contributed by atoms with Gasteiger partial charge in [-0.3, -0.25) is 4.79 Å². The molecule has 2 N–H and O–H groups in total. The molecule has 2 rings (SSSR count). The number of hydrogen-bond donors (Lipinski definition) is 2. The van der Waals surface area contributed by atoms with Crippen LogP contribution in [0, 0.1) is 0 Å². The second-order valence-electron chi connectivity index (χ2n) is 3.87. The van der Waals surface area contributed by atoms with E-state index < -0.39 is 0 Å². The number of para-hydroxylation sites is 1. The van der Waals surface area contributed by atoms with Crippen molar-refractivity contribution in [3.63, 3.8) is 0 Å². The smallest absolute Gasteiger partial charge is 0.233 e. The molecule has 0 saturated carbocycles. The summed E-state index contributed by atoms with van der Waals surface area (Å²) >= 11 is 0. The lowest BCUT2D eigenvalue weighted by molar-refractivity contribution is -0.119. The topological polar surface area (TPSA) is 63.5 Å². The zero-order valence-corrected chi connectivity index (χ0v) is 10.4. The van der Waals surface area contributed by atoms with Crippen LogP contribution in [0.3, 0.4) is 0 Å². The minimum Gasteiger partial charge on any atom is -0.493 e. The maximum atomic E-state index is 11.1. The van der Waals surface area contributed by atoms with Gasteiger partial charge in [0, 0.05) is 12.4 Å². The molecule has 0 fully saturated rings. The molecule has 5 heteroatoms. The number of rotatable bonds is 5. The minimum atomic E-state index is -0.0521. The Morgan fingerprint density at radius 1 is 1.44 bits per heavy atom. The summed E-state index contributed by atoms with van der Waals surface area (Å²) in [4.78, 5) is 11.1. The molecule has 96 valence electrons. The zero-order chi connectivity index (χ0) is 13.0. The number of methoxy groups -OCH3 is 1. The Hall–Kier alpha value is -2.01. The molecule has 0 unspecified atom stereocenters. The summed E-state index contributed by atoms with van der Waals surface area (Å²) in [5.41, 5.74) is 0.733. The van der Waals surface area contributed by atoms with Crippen molar-refractivity contribution < 1.29 is 13.9 Å². The highest BCUT2D eigenvalue weighted by Gasteiger charge is 2.08. The Morgan fingerprint density at radius 3 is 3.00 bits per heavy atom. The summed E-state index contributed by atoms with van der Waals surface area (Å²) in [6, 6.07) is 7.67. The normalized spacial score (nSPS) is 10.6. The Morgan fingerprint density at radius 2 is 2.28 bits per heavy atom. The lowest BCUT2D eigenvalue weighted by Gasteiger charge is -2.01. The number of fused-ring (bicyclic) bond motifs is 1. The van der Waals surface area contributed by atoms with Crippen LogP contribution in [0.4, 0.5) is 0 Å². The van der Waals surface area contributed by atoms with Gasteiger partial charge in [-0.15, -0.1) is 0 Å². The van der Waals surface area contributed by atoms with Gasteiger partial charge in [0.25, 0.3) is 0 Å². The largest absolute Gasteiger partial charge is 0.493 e. The number of nitrogens with one attached hydrogen (secondary N) is 2. The van der Waals surface area contributed by atoms with E-state index >= 15 is 0 Å². The fourth-order valence-electron chi connectivity index (χ4n) is 1.73. The van der Waals surface area contributed by atoms with Crippen molar-refractivity contribution in [2.45, 2.75) is 6.54 Å². The van der Waals surface area contributed by atoms with Gasteiger partial charge in [-0.2, -0.15) is 0 Å². The average Bonchev–Trinajstić information content (AvgIpc) is 2.80. The molecule has 0 bridgehead atoms. The standard InChI is InChI=1S/C13H16N2O3/c1-14-12(16)8-15-7-10-6-9-4-3-5-11(17-2)13(9)18-10/h3-6,15H,7-8H2,1-2H3,(H,14,16). The highest BCUT2D eigenvalue weighted by molar-refractivity contribution is 5.83. The molecule has 0 aliphatic heterocycles. The number of likely N-dealkylation sites (N-methyl/N-ethyl adjacent to an activating group) is 1. The summed E-state index contributed by atoms with van der Waals surface area (Å²) < 4.78 is 10.9. The van der Waals surface area contributed by atoms with Gasteiger partial charge in [-0.05, 0) is 12.1 Å². The summed E-state index contributed by atoms with van der Waals surface area (Å²) in [6.45, 7) is 0.774. The Balaban J connectivity index is 2.08. The van der Waals surface area contributed by atoms with E-state index in [1.165, 1.54) is 0 Å². The average molecular weight is 248 g/mol.